The highest BCUT2D eigenvalue weighted by Gasteiger charge is 2.42. The third-order valence-electron chi connectivity index (χ3n) is 18.4. The molecule has 7 aromatic carbocycles. The van der Waals surface area contributed by atoms with Gasteiger partial charge in [-0.05, 0) is 231 Å². The number of benzene rings is 7. The average molecular weight is 1110 g/mol. The molecule has 14 rings (SSSR count). The Morgan fingerprint density at radius 3 is 1.32 bits per heavy atom. The van der Waals surface area contributed by atoms with Crippen molar-refractivity contribution in [2.75, 3.05) is 0 Å². The van der Waals surface area contributed by atoms with Crippen molar-refractivity contribution in [3.05, 3.63) is 257 Å². The summed E-state index contributed by atoms with van der Waals surface area (Å²) in [6, 6.07) is 72.1. The van der Waals surface area contributed by atoms with Gasteiger partial charge in [0.15, 0.2) is 0 Å². The van der Waals surface area contributed by atoms with Crippen LogP contribution in [-0.2, 0) is 38.5 Å². The minimum atomic E-state index is 0.221. The van der Waals surface area contributed by atoms with Gasteiger partial charge in [0, 0.05) is 35.3 Å². The molecule has 0 saturated heterocycles. The summed E-state index contributed by atoms with van der Waals surface area (Å²) in [5.74, 6) is 3.02. The molecule has 2 saturated carbocycles. The number of aromatic nitrogens is 3. The van der Waals surface area contributed by atoms with Crippen molar-refractivity contribution in [3.63, 3.8) is 0 Å². The summed E-state index contributed by atoms with van der Waals surface area (Å²) in [4.78, 5) is 15.1. The van der Waals surface area contributed by atoms with Gasteiger partial charge in [0.05, 0.1) is 28.7 Å². The van der Waals surface area contributed by atoms with Gasteiger partial charge >= 0.3 is 0 Å². The van der Waals surface area contributed by atoms with E-state index in [1.165, 1.54) is 98.9 Å². The van der Waals surface area contributed by atoms with E-state index >= 15 is 0 Å². The van der Waals surface area contributed by atoms with Crippen LogP contribution in [0, 0.1) is 34.0 Å². The molecule has 2 fully saturated rings. The van der Waals surface area contributed by atoms with E-state index in [0.29, 0.717) is 17.4 Å². The summed E-state index contributed by atoms with van der Waals surface area (Å²) in [6.45, 7) is 13.7. The Kier molecular flexibility index (Phi) is 15.4. The van der Waals surface area contributed by atoms with Crippen LogP contribution in [0.1, 0.15) is 136 Å². The first kappa shape index (κ1) is 55.7. The van der Waals surface area contributed by atoms with E-state index in [9.17, 15) is 5.26 Å². The number of hydrogen-bond donors (Lipinski definition) is 0. The Labute approximate surface area is 505 Å². The van der Waals surface area contributed by atoms with Crippen molar-refractivity contribution in [1.29, 1.82) is 5.26 Å². The summed E-state index contributed by atoms with van der Waals surface area (Å²) in [7, 11) is 0. The fourth-order valence-electron chi connectivity index (χ4n) is 14.5. The number of pyridine rings is 3. The van der Waals surface area contributed by atoms with Crippen molar-refractivity contribution < 1.29 is 0 Å². The Morgan fingerprint density at radius 2 is 0.800 bits per heavy atom. The summed E-state index contributed by atoms with van der Waals surface area (Å²) in [5.41, 5.74) is 28.0. The molecule has 0 amide bonds. The quantitative estimate of drug-likeness (QED) is 0.103. The molecule has 85 heavy (non-hydrogen) atoms. The van der Waals surface area contributed by atoms with E-state index in [0.717, 1.165) is 101 Å². The van der Waals surface area contributed by atoms with Crippen LogP contribution in [0.25, 0.3) is 78.3 Å². The summed E-state index contributed by atoms with van der Waals surface area (Å²) in [5, 5.41) is 9.53. The monoisotopic (exact) mass is 1110 g/mol. The van der Waals surface area contributed by atoms with Crippen LogP contribution in [0.5, 0.6) is 0 Å². The lowest BCUT2D eigenvalue weighted by Gasteiger charge is -2.38. The van der Waals surface area contributed by atoms with Crippen molar-refractivity contribution >= 4 is 0 Å². The zero-order valence-electron chi connectivity index (χ0n) is 50.5. The van der Waals surface area contributed by atoms with Crippen molar-refractivity contribution in [3.8, 4) is 84.3 Å². The van der Waals surface area contributed by atoms with Gasteiger partial charge in [-0.2, -0.15) is 5.26 Å². The van der Waals surface area contributed by atoms with Gasteiger partial charge in [-0.15, -0.1) is 0 Å². The van der Waals surface area contributed by atoms with E-state index in [4.69, 9.17) is 15.0 Å². The molecule has 422 valence electrons. The molecule has 10 aromatic rings. The molecule has 0 radical (unpaired) electrons. The molecule has 0 aliphatic heterocycles. The predicted octanol–water partition coefficient (Wildman–Crippen LogP) is 20.6. The Balaban J connectivity index is 0.841. The molecule has 3 aromatic heterocycles. The van der Waals surface area contributed by atoms with Crippen LogP contribution in [0.3, 0.4) is 0 Å². The van der Waals surface area contributed by atoms with E-state index in [-0.39, 0.29) is 10.8 Å². The Hall–Kier alpha value is -8.52. The third kappa shape index (κ3) is 12.8. The van der Waals surface area contributed by atoms with Crippen molar-refractivity contribution in [2.45, 2.75) is 124 Å². The molecule has 4 heteroatoms. The first-order valence-corrected chi connectivity index (χ1v) is 31.3. The smallest absolute Gasteiger partial charge is 0.0991 e. The van der Waals surface area contributed by atoms with Crippen LogP contribution in [-0.4, -0.2) is 15.0 Å². The van der Waals surface area contributed by atoms with E-state index in [1.807, 2.05) is 36.7 Å². The molecule has 3 heterocycles. The maximum absolute atomic E-state index is 9.53. The minimum Gasteiger partial charge on any atom is -0.256 e. The first-order valence-electron chi connectivity index (χ1n) is 31.3. The highest BCUT2D eigenvalue weighted by atomic mass is 14.7. The average Bonchev–Trinajstić information content (AvgIpc) is 3.96. The summed E-state index contributed by atoms with van der Waals surface area (Å²) >= 11 is 0. The molecule has 4 bridgehead atoms. The third-order valence-corrected chi connectivity index (χ3v) is 18.4. The second-order valence-electron chi connectivity index (χ2n) is 27.6. The van der Waals surface area contributed by atoms with Gasteiger partial charge < -0.3 is 0 Å². The zero-order chi connectivity index (χ0) is 58.2. The fraction of sp³-hybridized carbons (Fsp3) is 0.284. The van der Waals surface area contributed by atoms with Crippen LogP contribution >= 0.6 is 0 Å². The summed E-state index contributed by atoms with van der Waals surface area (Å²) < 4.78 is 0. The predicted molar refractivity (Wildman–Crippen MR) is 352 cm³/mol. The number of rotatable bonds is 15. The number of nitrogens with zero attached hydrogens (tertiary/aromatic N) is 4. The highest BCUT2D eigenvalue weighted by Crippen LogP contribution is 2.56. The molecule has 2 atom stereocenters. The van der Waals surface area contributed by atoms with Gasteiger partial charge in [-0.3, -0.25) is 15.0 Å². The number of aryl methyl sites for hydroxylation is 4. The molecule has 4 nitrogen and oxygen atoms in total. The molecule has 0 N–H and O–H groups in total. The second-order valence-corrected chi connectivity index (χ2v) is 27.6. The normalized spacial score (nSPS) is 17.1. The standard InChI is InChI=1S/C81H78N4/c1-80(2,3)47-58-21-35-77(83-50-58)65-25-15-53(16-26-65)11-13-56-37-57(14-12-54-17-27-66(28-18-54)78-36-22-59(51-84-78)48-81(4,5)6)40-68(39-56)71-9-7-8-10-72(71)73-34-33-67(45-74(73)64-31-29-63(30-32-64)62-23-19-55(49-82)20-24-62)79-46-75-69-41-60-38-61(42-69)44-70(43-60)76(75)52-85-79/h7-10,15-37,39-40,45-46,50-52,60-61,69-70H,11-14,38,41-44,47-48H2,1-6H3. The molecule has 4 aliphatic rings. The summed E-state index contributed by atoms with van der Waals surface area (Å²) in [6.07, 6.45) is 18.8. The van der Waals surface area contributed by atoms with Crippen LogP contribution in [0.2, 0.25) is 0 Å². The SMILES string of the molecule is CC(C)(C)Cc1ccc(-c2ccc(CCc3cc(CCc4ccc(-c5ccc(CC(C)(C)C)cn5)cc4)cc(-c4ccccc4-c4ccc(-c5cc6c(cn5)C5CC7CC(C5)CC6C7)cc4-c4ccc(-c5ccc(C#N)cc5)cc4)c3)cc2)nc1. The van der Waals surface area contributed by atoms with E-state index in [1.54, 1.807) is 5.56 Å². The maximum atomic E-state index is 9.53. The van der Waals surface area contributed by atoms with Crippen LogP contribution in [0.4, 0.5) is 0 Å². The first-order chi connectivity index (χ1) is 41.2. The Morgan fingerprint density at radius 1 is 0.353 bits per heavy atom. The van der Waals surface area contributed by atoms with E-state index < -0.39 is 0 Å². The fourth-order valence-corrected chi connectivity index (χ4v) is 14.5. The van der Waals surface area contributed by atoms with Gasteiger partial charge in [-0.1, -0.05) is 193 Å². The van der Waals surface area contributed by atoms with Crippen molar-refractivity contribution in [2.24, 2.45) is 22.7 Å². The zero-order valence-corrected chi connectivity index (χ0v) is 50.5. The molecular formula is C81H78N4. The molecule has 0 spiro atoms. The molecule has 4 aliphatic carbocycles. The van der Waals surface area contributed by atoms with Gasteiger partial charge in [0.1, 0.15) is 0 Å². The number of hydrogen-bond acceptors (Lipinski definition) is 4. The second kappa shape index (κ2) is 23.5. The Bertz CT molecular complexity index is 3900. The lowest BCUT2D eigenvalue weighted by molar-refractivity contribution is 0.166. The molecular weight excluding hydrogens is 1030 g/mol. The molecule has 2 unspecified atom stereocenters. The van der Waals surface area contributed by atoms with Crippen LogP contribution in [0.15, 0.2) is 207 Å². The van der Waals surface area contributed by atoms with Crippen molar-refractivity contribution in [1.82, 2.24) is 15.0 Å². The maximum Gasteiger partial charge on any atom is 0.0991 e. The van der Waals surface area contributed by atoms with Gasteiger partial charge in [0.25, 0.3) is 0 Å². The lowest BCUT2D eigenvalue weighted by Crippen LogP contribution is -2.25. The van der Waals surface area contributed by atoms with Crippen LogP contribution < -0.4 is 0 Å². The lowest BCUT2D eigenvalue weighted by atomic mass is 9.67. The minimum absolute atomic E-state index is 0.221. The van der Waals surface area contributed by atoms with Gasteiger partial charge in [0.2, 0.25) is 0 Å². The topological polar surface area (TPSA) is 62.5 Å². The van der Waals surface area contributed by atoms with E-state index in [2.05, 4.69) is 218 Å². The highest BCUT2D eigenvalue weighted by molar-refractivity contribution is 5.94. The van der Waals surface area contributed by atoms with Gasteiger partial charge in [-0.25, -0.2) is 0 Å². The largest absolute Gasteiger partial charge is 0.256 e. The number of nitriles is 1.